The van der Waals surface area contributed by atoms with Gasteiger partial charge in [0, 0.05) is 56.0 Å². The molecule has 0 radical (unpaired) electrons. The summed E-state index contributed by atoms with van der Waals surface area (Å²) in [5.74, 6) is -0.103. The molecule has 1 aliphatic heterocycles. The number of aromatic nitrogens is 3. The van der Waals surface area contributed by atoms with Crippen LogP contribution in [0.3, 0.4) is 0 Å². The minimum atomic E-state index is -0.103. The van der Waals surface area contributed by atoms with Crippen LogP contribution in [0.15, 0.2) is 61.3 Å². The number of rotatable bonds is 15. The molecule has 2 aromatic heterocycles. The largest absolute Gasteiger partial charge is 0.382 e. The quantitative estimate of drug-likeness (QED) is 0.180. The fourth-order valence-corrected chi connectivity index (χ4v) is 4.74. The maximum absolute atomic E-state index is 12.9. The summed E-state index contributed by atoms with van der Waals surface area (Å²) in [6.45, 7) is 6.94. The van der Waals surface area contributed by atoms with Gasteiger partial charge in [-0.25, -0.2) is 20.8 Å². The molecule has 0 aliphatic carbocycles. The molecule has 1 aromatic carbocycles. The van der Waals surface area contributed by atoms with Crippen LogP contribution >= 0.6 is 0 Å². The Morgan fingerprint density at radius 1 is 1.07 bits per heavy atom. The van der Waals surface area contributed by atoms with E-state index in [0.717, 1.165) is 61.5 Å². The second-order valence-electron chi connectivity index (χ2n) is 10.1. The van der Waals surface area contributed by atoms with Crippen molar-refractivity contribution < 1.29 is 4.79 Å². The average molecular weight is 547 g/mol. The number of carbonyl (C=O) groups excluding carboxylic acids is 1. The van der Waals surface area contributed by atoms with Crippen LogP contribution in [0, 0.1) is 0 Å². The first-order valence-electron chi connectivity index (χ1n) is 14.0. The molecule has 1 amide bonds. The van der Waals surface area contributed by atoms with Crippen LogP contribution in [-0.4, -0.2) is 83.6 Å². The lowest BCUT2D eigenvalue weighted by atomic mass is 10.1. The van der Waals surface area contributed by atoms with E-state index in [0.29, 0.717) is 18.7 Å². The average Bonchev–Trinajstić information content (AvgIpc) is 3.39. The lowest BCUT2D eigenvalue weighted by Gasteiger charge is -2.28. The van der Waals surface area contributed by atoms with Crippen LogP contribution in [0.25, 0.3) is 0 Å². The van der Waals surface area contributed by atoms with E-state index in [-0.39, 0.29) is 18.2 Å². The molecule has 214 valence electrons. The molecule has 2 atom stereocenters. The normalized spacial score (nSPS) is 17.3. The molecule has 3 heterocycles. The minimum Gasteiger partial charge on any atom is -0.382 e. The van der Waals surface area contributed by atoms with Crippen molar-refractivity contribution in [2.45, 2.75) is 38.6 Å². The smallest absolute Gasteiger partial charge is 0.251 e. The van der Waals surface area contributed by atoms with E-state index >= 15 is 0 Å². The Balaban J connectivity index is 1.33. The first-order valence-corrected chi connectivity index (χ1v) is 14.0. The first kappa shape index (κ1) is 29.5. The van der Waals surface area contributed by atoms with Crippen LogP contribution < -0.4 is 26.8 Å². The second kappa shape index (κ2) is 15.3. The predicted octanol–water partition coefficient (Wildman–Crippen LogP) is 1.75. The summed E-state index contributed by atoms with van der Waals surface area (Å²) in [6, 6.07) is 11.5. The second-order valence-corrected chi connectivity index (χ2v) is 10.1. The third-order valence-electron chi connectivity index (χ3n) is 6.96. The molecule has 2 unspecified atom stereocenters. The molecule has 1 aliphatic rings. The van der Waals surface area contributed by atoms with Crippen LogP contribution in [0.2, 0.25) is 0 Å². The SMILES string of the molecule is CCc1cnccc1CNC(=O)c1cccc(NCC2NNC(c3ccncn3)N2CCNCCCN(C)C)c1. The number of hydrogen-bond donors (Lipinski definition) is 5. The van der Waals surface area contributed by atoms with Gasteiger partial charge >= 0.3 is 0 Å². The highest BCUT2D eigenvalue weighted by atomic mass is 16.1. The van der Waals surface area contributed by atoms with Gasteiger partial charge in [-0.15, -0.1) is 0 Å². The first-order chi connectivity index (χ1) is 19.5. The van der Waals surface area contributed by atoms with E-state index in [1.165, 1.54) is 0 Å². The monoisotopic (exact) mass is 546 g/mol. The number of benzene rings is 1. The molecule has 0 spiro atoms. The van der Waals surface area contributed by atoms with Gasteiger partial charge in [0.1, 0.15) is 12.5 Å². The molecule has 5 N–H and O–H groups in total. The van der Waals surface area contributed by atoms with Crippen molar-refractivity contribution in [2.75, 3.05) is 52.1 Å². The van der Waals surface area contributed by atoms with Gasteiger partial charge in [0.2, 0.25) is 0 Å². The number of amides is 1. The standard InChI is InChI=1S/C29H42N10O/c1-4-22-18-31-12-9-24(22)19-34-29(40)23-7-5-8-25(17-23)33-20-27-36-37-28(26-10-13-32-21-35-26)39(27)16-14-30-11-6-15-38(2)3/h5,7-10,12-13,17-18,21,27-28,30,33,36-37H,4,6,11,14-16,19-20H2,1-3H3,(H,34,40). The topological polar surface area (TPSA) is 122 Å². The number of anilines is 1. The maximum Gasteiger partial charge on any atom is 0.251 e. The van der Waals surface area contributed by atoms with E-state index in [9.17, 15) is 4.79 Å². The van der Waals surface area contributed by atoms with Crippen molar-refractivity contribution in [3.05, 3.63) is 83.7 Å². The molecule has 1 fully saturated rings. The summed E-state index contributed by atoms with van der Waals surface area (Å²) in [5, 5.41) is 10.1. The zero-order valence-corrected chi connectivity index (χ0v) is 23.7. The van der Waals surface area contributed by atoms with Crippen molar-refractivity contribution in [1.82, 2.24) is 46.2 Å². The summed E-state index contributed by atoms with van der Waals surface area (Å²) in [7, 11) is 4.19. The van der Waals surface area contributed by atoms with E-state index in [2.05, 4.69) is 72.6 Å². The van der Waals surface area contributed by atoms with E-state index < -0.39 is 0 Å². The molecule has 1 saturated heterocycles. The third-order valence-corrected chi connectivity index (χ3v) is 6.96. The van der Waals surface area contributed by atoms with E-state index in [4.69, 9.17) is 0 Å². The Morgan fingerprint density at radius 3 is 2.75 bits per heavy atom. The van der Waals surface area contributed by atoms with Gasteiger partial charge in [0.25, 0.3) is 5.91 Å². The number of hydrogen-bond acceptors (Lipinski definition) is 10. The molecular weight excluding hydrogens is 504 g/mol. The Bertz CT molecular complexity index is 1190. The van der Waals surface area contributed by atoms with Gasteiger partial charge < -0.3 is 20.9 Å². The molecule has 3 aromatic rings. The maximum atomic E-state index is 12.9. The summed E-state index contributed by atoms with van der Waals surface area (Å²) >= 11 is 0. The summed E-state index contributed by atoms with van der Waals surface area (Å²) in [4.78, 5) is 30.2. The Hall–Kier alpha value is -3.48. The Kier molecular flexibility index (Phi) is 11.3. The zero-order chi connectivity index (χ0) is 28.2. The minimum absolute atomic E-state index is 0.0141. The van der Waals surface area contributed by atoms with Gasteiger partial charge in [0.05, 0.1) is 11.9 Å². The predicted molar refractivity (Wildman–Crippen MR) is 157 cm³/mol. The molecule has 11 nitrogen and oxygen atoms in total. The molecular formula is C29H42N10O. The lowest BCUT2D eigenvalue weighted by Crippen LogP contribution is -2.45. The van der Waals surface area contributed by atoms with Gasteiger partial charge in [-0.2, -0.15) is 0 Å². The number of nitrogens with one attached hydrogen (secondary N) is 5. The fraction of sp³-hybridized carbons (Fsp3) is 0.448. The molecule has 11 heteroatoms. The van der Waals surface area contributed by atoms with Crippen molar-refractivity contribution in [2.24, 2.45) is 0 Å². The zero-order valence-electron chi connectivity index (χ0n) is 23.7. The third kappa shape index (κ3) is 8.51. The Morgan fingerprint density at radius 2 is 1.95 bits per heavy atom. The van der Waals surface area contributed by atoms with Crippen molar-refractivity contribution in [3.63, 3.8) is 0 Å². The van der Waals surface area contributed by atoms with Gasteiger partial charge in [-0.05, 0) is 81.5 Å². The van der Waals surface area contributed by atoms with Crippen LogP contribution in [0.5, 0.6) is 0 Å². The molecule has 40 heavy (non-hydrogen) atoms. The van der Waals surface area contributed by atoms with Crippen molar-refractivity contribution in [3.8, 4) is 0 Å². The number of aryl methyl sites for hydroxylation is 1. The van der Waals surface area contributed by atoms with Crippen LogP contribution in [-0.2, 0) is 13.0 Å². The highest BCUT2D eigenvalue weighted by Gasteiger charge is 2.34. The molecule has 0 bridgehead atoms. The number of hydrazine groups is 1. The van der Waals surface area contributed by atoms with E-state index in [1.54, 1.807) is 18.7 Å². The highest BCUT2D eigenvalue weighted by Crippen LogP contribution is 2.21. The lowest BCUT2D eigenvalue weighted by molar-refractivity contribution is 0.0951. The number of pyridine rings is 1. The number of nitrogens with zero attached hydrogens (tertiary/aromatic N) is 5. The van der Waals surface area contributed by atoms with Crippen LogP contribution in [0.1, 0.15) is 46.7 Å². The molecule has 0 saturated carbocycles. The highest BCUT2D eigenvalue weighted by molar-refractivity contribution is 5.95. The van der Waals surface area contributed by atoms with Crippen molar-refractivity contribution in [1.29, 1.82) is 0 Å². The van der Waals surface area contributed by atoms with E-state index in [1.807, 2.05) is 42.6 Å². The van der Waals surface area contributed by atoms with Gasteiger partial charge in [-0.3, -0.25) is 14.7 Å². The van der Waals surface area contributed by atoms with Crippen LogP contribution in [0.4, 0.5) is 5.69 Å². The van der Waals surface area contributed by atoms with Gasteiger partial charge in [-0.1, -0.05) is 13.0 Å². The van der Waals surface area contributed by atoms with Crippen molar-refractivity contribution >= 4 is 11.6 Å². The van der Waals surface area contributed by atoms with Gasteiger partial charge in [0.15, 0.2) is 0 Å². The Labute approximate surface area is 237 Å². The molecule has 4 rings (SSSR count). The summed E-state index contributed by atoms with van der Waals surface area (Å²) < 4.78 is 0. The number of carbonyl (C=O) groups is 1. The summed E-state index contributed by atoms with van der Waals surface area (Å²) in [6.07, 6.45) is 8.89. The summed E-state index contributed by atoms with van der Waals surface area (Å²) in [5.41, 5.74) is 11.5. The fourth-order valence-electron chi connectivity index (χ4n) is 4.74.